The van der Waals surface area contributed by atoms with E-state index in [-0.39, 0.29) is 31.9 Å². The minimum absolute atomic E-state index is 0.0618. The van der Waals surface area contributed by atoms with Crippen molar-refractivity contribution in [3.8, 4) is 0 Å². The molecular formula is C9H17F3N2O2S. The lowest BCUT2D eigenvalue weighted by molar-refractivity contribution is -0.148. The van der Waals surface area contributed by atoms with Crippen LogP contribution < -0.4 is 0 Å². The summed E-state index contributed by atoms with van der Waals surface area (Å²) in [5, 5.41) is 0. The van der Waals surface area contributed by atoms with E-state index in [9.17, 15) is 21.6 Å². The Bertz CT molecular complexity index is 335. The van der Waals surface area contributed by atoms with Crippen molar-refractivity contribution in [2.24, 2.45) is 0 Å². The number of nitrogens with zero attached hydrogens (tertiary/aromatic N) is 2. The Labute approximate surface area is 99.4 Å². The summed E-state index contributed by atoms with van der Waals surface area (Å²) in [6.07, 6.45) is -3.70. The summed E-state index contributed by atoms with van der Waals surface area (Å²) in [6, 6.07) is 0. The van der Waals surface area contributed by atoms with Gasteiger partial charge in [0, 0.05) is 26.2 Å². The summed E-state index contributed by atoms with van der Waals surface area (Å²) < 4.78 is 61.0. The van der Waals surface area contributed by atoms with Gasteiger partial charge in [0.15, 0.2) is 0 Å². The van der Waals surface area contributed by atoms with Crippen molar-refractivity contribution in [2.75, 3.05) is 38.5 Å². The summed E-state index contributed by atoms with van der Waals surface area (Å²) >= 11 is 0. The van der Waals surface area contributed by atoms with Crippen molar-refractivity contribution < 1.29 is 21.6 Å². The van der Waals surface area contributed by atoms with E-state index in [2.05, 4.69) is 0 Å². The summed E-state index contributed by atoms with van der Waals surface area (Å²) in [7, 11) is -3.28. The first-order chi connectivity index (χ1) is 7.74. The van der Waals surface area contributed by atoms with Crippen LogP contribution in [0.4, 0.5) is 13.2 Å². The third kappa shape index (κ3) is 4.81. The second-order valence-corrected chi connectivity index (χ2v) is 6.19. The Kier molecular flexibility index (Phi) is 4.79. The third-order valence-corrected chi connectivity index (χ3v) is 4.67. The van der Waals surface area contributed by atoms with Gasteiger partial charge in [-0.3, -0.25) is 4.90 Å². The topological polar surface area (TPSA) is 40.6 Å². The molecule has 1 rings (SSSR count). The summed E-state index contributed by atoms with van der Waals surface area (Å²) in [4.78, 5) is 1.23. The van der Waals surface area contributed by atoms with Crippen molar-refractivity contribution >= 4 is 10.0 Å². The van der Waals surface area contributed by atoms with Gasteiger partial charge in [-0.2, -0.15) is 17.5 Å². The van der Waals surface area contributed by atoms with Crippen LogP contribution in [0.3, 0.4) is 0 Å². The molecule has 0 spiro atoms. The summed E-state index contributed by atoms with van der Waals surface area (Å²) in [5.41, 5.74) is 0. The molecule has 8 heteroatoms. The van der Waals surface area contributed by atoms with Crippen LogP contribution in [0.5, 0.6) is 0 Å². The quantitative estimate of drug-likeness (QED) is 0.765. The average molecular weight is 274 g/mol. The fourth-order valence-electron chi connectivity index (χ4n) is 1.81. The van der Waals surface area contributed by atoms with E-state index in [1.54, 1.807) is 6.92 Å². The second-order valence-electron chi connectivity index (χ2n) is 4.11. The minimum atomic E-state index is -4.22. The van der Waals surface area contributed by atoms with Gasteiger partial charge in [-0.25, -0.2) is 8.42 Å². The molecule has 0 aromatic heterocycles. The summed E-state index contributed by atoms with van der Waals surface area (Å²) in [6.45, 7) is 1.38. The summed E-state index contributed by atoms with van der Waals surface area (Å²) in [5.74, 6) is 0.0618. The molecule has 0 aromatic carbocycles. The number of halogens is 3. The van der Waals surface area contributed by atoms with E-state index in [1.807, 2.05) is 0 Å². The maximum atomic E-state index is 12.1. The number of hydrogen-bond acceptors (Lipinski definition) is 3. The van der Waals surface area contributed by atoms with Crippen molar-refractivity contribution in [1.82, 2.24) is 9.21 Å². The molecule has 0 unspecified atom stereocenters. The molecule has 0 radical (unpaired) electrons. The zero-order chi connectivity index (χ0) is 13.1. The molecule has 1 aliphatic heterocycles. The Morgan fingerprint density at radius 1 is 1.12 bits per heavy atom. The highest BCUT2D eigenvalue weighted by molar-refractivity contribution is 7.89. The average Bonchev–Trinajstić information content (AvgIpc) is 2.15. The molecule has 1 saturated heterocycles. The van der Waals surface area contributed by atoms with Crippen molar-refractivity contribution in [3.63, 3.8) is 0 Å². The van der Waals surface area contributed by atoms with E-state index in [4.69, 9.17) is 0 Å². The van der Waals surface area contributed by atoms with Crippen LogP contribution in [0.25, 0.3) is 0 Å². The molecule has 0 aromatic rings. The zero-order valence-electron chi connectivity index (χ0n) is 9.70. The molecule has 0 saturated carbocycles. The van der Waals surface area contributed by atoms with Gasteiger partial charge in [0.2, 0.25) is 10.0 Å². The van der Waals surface area contributed by atoms with Crippen LogP contribution >= 0.6 is 0 Å². The molecule has 0 aliphatic carbocycles. The lowest BCUT2D eigenvalue weighted by Gasteiger charge is -2.34. The zero-order valence-corrected chi connectivity index (χ0v) is 10.5. The van der Waals surface area contributed by atoms with Gasteiger partial charge < -0.3 is 0 Å². The first-order valence-electron chi connectivity index (χ1n) is 5.51. The van der Waals surface area contributed by atoms with Crippen molar-refractivity contribution in [1.29, 1.82) is 0 Å². The number of sulfonamides is 1. The smallest absolute Gasteiger partial charge is 0.292 e. The van der Waals surface area contributed by atoms with E-state index < -0.39 is 22.7 Å². The highest BCUT2D eigenvalue weighted by Gasteiger charge is 2.33. The number of rotatable bonds is 4. The maximum Gasteiger partial charge on any atom is 0.401 e. The van der Waals surface area contributed by atoms with Crippen LogP contribution in [0.15, 0.2) is 0 Å². The van der Waals surface area contributed by atoms with Crippen LogP contribution in [-0.4, -0.2) is 62.3 Å². The molecule has 17 heavy (non-hydrogen) atoms. The van der Waals surface area contributed by atoms with Crippen LogP contribution in [0.1, 0.15) is 13.3 Å². The molecule has 0 bridgehead atoms. The highest BCUT2D eigenvalue weighted by atomic mass is 32.2. The molecule has 0 atom stereocenters. The highest BCUT2D eigenvalue weighted by Crippen LogP contribution is 2.18. The van der Waals surface area contributed by atoms with Gasteiger partial charge in [0.05, 0.1) is 12.3 Å². The van der Waals surface area contributed by atoms with E-state index in [0.717, 1.165) is 0 Å². The van der Waals surface area contributed by atoms with E-state index >= 15 is 0 Å². The predicted molar refractivity (Wildman–Crippen MR) is 58.1 cm³/mol. The fourth-order valence-corrected chi connectivity index (χ4v) is 3.30. The predicted octanol–water partition coefficient (Wildman–Crippen LogP) is 0.906. The molecule has 1 aliphatic rings. The Morgan fingerprint density at radius 2 is 1.65 bits per heavy atom. The lowest BCUT2D eigenvalue weighted by Crippen LogP contribution is -2.51. The third-order valence-electron chi connectivity index (χ3n) is 2.59. The SMILES string of the molecule is CCCS(=O)(=O)N1CCN(CC(F)(F)F)CC1. The van der Waals surface area contributed by atoms with Crippen molar-refractivity contribution in [3.05, 3.63) is 0 Å². The lowest BCUT2D eigenvalue weighted by atomic mass is 10.3. The Hall–Kier alpha value is -0.340. The van der Waals surface area contributed by atoms with Gasteiger partial charge in [0.25, 0.3) is 0 Å². The normalized spacial score (nSPS) is 20.7. The number of hydrogen-bond donors (Lipinski definition) is 0. The molecule has 0 N–H and O–H groups in total. The minimum Gasteiger partial charge on any atom is -0.292 e. The second kappa shape index (κ2) is 5.53. The number of piperazine rings is 1. The standard InChI is InChI=1S/C9H17F3N2O2S/c1-2-7-17(15,16)14-5-3-13(4-6-14)8-9(10,11)12/h2-8H2,1H3. The van der Waals surface area contributed by atoms with E-state index in [0.29, 0.717) is 6.42 Å². The van der Waals surface area contributed by atoms with E-state index in [1.165, 1.54) is 9.21 Å². The Morgan fingerprint density at radius 3 is 2.06 bits per heavy atom. The molecule has 0 amide bonds. The van der Waals surface area contributed by atoms with Gasteiger partial charge in [-0.15, -0.1) is 0 Å². The molecule has 1 heterocycles. The first kappa shape index (κ1) is 14.7. The number of alkyl halides is 3. The molecular weight excluding hydrogens is 257 g/mol. The fraction of sp³-hybridized carbons (Fsp3) is 1.00. The van der Waals surface area contributed by atoms with Crippen LogP contribution in [0, 0.1) is 0 Å². The largest absolute Gasteiger partial charge is 0.401 e. The molecule has 102 valence electrons. The van der Waals surface area contributed by atoms with Crippen molar-refractivity contribution in [2.45, 2.75) is 19.5 Å². The maximum absolute atomic E-state index is 12.1. The monoisotopic (exact) mass is 274 g/mol. The van der Waals surface area contributed by atoms with Gasteiger partial charge in [-0.05, 0) is 6.42 Å². The van der Waals surface area contributed by atoms with Gasteiger partial charge in [0.1, 0.15) is 0 Å². The van der Waals surface area contributed by atoms with Crippen LogP contribution in [-0.2, 0) is 10.0 Å². The Balaban J connectivity index is 2.46. The van der Waals surface area contributed by atoms with Crippen LogP contribution in [0.2, 0.25) is 0 Å². The molecule has 1 fully saturated rings. The van der Waals surface area contributed by atoms with Gasteiger partial charge >= 0.3 is 6.18 Å². The molecule has 4 nitrogen and oxygen atoms in total. The first-order valence-corrected chi connectivity index (χ1v) is 7.12. The van der Waals surface area contributed by atoms with Gasteiger partial charge in [-0.1, -0.05) is 6.92 Å².